The quantitative estimate of drug-likeness (QED) is 0.370. The summed E-state index contributed by atoms with van der Waals surface area (Å²) in [5.74, 6) is 0.364. The smallest absolute Gasteiger partial charge is 0.158 e. The van der Waals surface area contributed by atoms with Gasteiger partial charge in [0.15, 0.2) is 5.78 Å². The van der Waals surface area contributed by atoms with Gasteiger partial charge in [-0.25, -0.2) is 0 Å². The van der Waals surface area contributed by atoms with Gasteiger partial charge in [-0.2, -0.15) is 0 Å². The minimum absolute atomic E-state index is 0.169. The molecule has 0 saturated heterocycles. The van der Waals surface area contributed by atoms with Crippen LogP contribution in [0.25, 0.3) is 0 Å². The molecule has 0 aromatic heterocycles. The third kappa shape index (κ3) is 6.57. The van der Waals surface area contributed by atoms with Crippen molar-refractivity contribution in [2.45, 2.75) is 51.9 Å². The van der Waals surface area contributed by atoms with Crippen molar-refractivity contribution >= 4 is 5.78 Å². The number of hydrogen-bond acceptors (Lipinski definition) is 1. The molecular formula is C20H28O. The fraction of sp³-hybridized carbons (Fsp3) is 0.450. The Morgan fingerprint density at radius 1 is 1.29 bits per heavy atom. The second-order valence-electron chi connectivity index (χ2n) is 5.88. The molecule has 1 aliphatic carbocycles. The van der Waals surface area contributed by atoms with E-state index in [-0.39, 0.29) is 11.7 Å². The zero-order valence-electron chi connectivity index (χ0n) is 13.4. The van der Waals surface area contributed by atoms with Crippen molar-refractivity contribution < 1.29 is 4.79 Å². The first-order valence-electron chi connectivity index (χ1n) is 7.89. The molecule has 0 aliphatic heterocycles. The molecule has 0 fully saturated rings. The highest BCUT2D eigenvalue weighted by molar-refractivity contribution is 5.95. The Bertz CT molecular complexity index is 462. The zero-order valence-corrected chi connectivity index (χ0v) is 13.4. The van der Waals surface area contributed by atoms with Crippen molar-refractivity contribution in [1.82, 2.24) is 0 Å². The average Bonchev–Trinajstić information content (AvgIpc) is 2.51. The predicted molar refractivity (Wildman–Crippen MR) is 92.2 cm³/mol. The molecule has 0 heterocycles. The van der Waals surface area contributed by atoms with Crippen LogP contribution in [0.2, 0.25) is 0 Å². The van der Waals surface area contributed by atoms with Gasteiger partial charge < -0.3 is 0 Å². The molecule has 114 valence electrons. The summed E-state index contributed by atoms with van der Waals surface area (Å²) < 4.78 is 0. The topological polar surface area (TPSA) is 17.1 Å². The maximum Gasteiger partial charge on any atom is 0.158 e. The molecule has 1 unspecified atom stereocenters. The molecule has 1 aliphatic rings. The van der Waals surface area contributed by atoms with Crippen LogP contribution in [0, 0.1) is 5.92 Å². The van der Waals surface area contributed by atoms with E-state index in [9.17, 15) is 4.79 Å². The molecule has 0 amide bonds. The maximum absolute atomic E-state index is 12.1. The fourth-order valence-corrected chi connectivity index (χ4v) is 2.42. The van der Waals surface area contributed by atoms with Crippen molar-refractivity contribution in [3.05, 3.63) is 60.8 Å². The van der Waals surface area contributed by atoms with Crippen LogP contribution in [-0.2, 0) is 4.79 Å². The molecule has 0 N–H and O–H groups in total. The van der Waals surface area contributed by atoms with E-state index >= 15 is 0 Å². The van der Waals surface area contributed by atoms with Gasteiger partial charge >= 0.3 is 0 Å². The number of carbonyl (C=O) groups excluding carboxylic acids is 1. The van der Waals surface area contributed by atoms with Crippen LogP contribution in [0.1, 0.15) is 51.9 Å². The third-order valence-electron chi connectivity index (χ3n) is 4.02. The van der Waals surface area contributed by atoms with E-state index < -0.39 is 0 Å². The van der Waals surface area contributed by atoms with Crippen molar-refractivity contribution in [2.75, 3.05) is 0 Å². The van der Waals surface area contributed by atoms with Crippen LogP contribution in [0.3, 0.4) is 0 Å². The molecule has 0 radical (unpaired) electrons. The molecular weight excluding hydrogens is 256 g/mol. The van der Waals surface area contributed by atoms with Gasteiger partial charge in [-0.15, -0.1) is 6.58 Å². The van der Waals surface area contributed by atoms with Gasteiger partial charge in [0.25, 0.3) is 0 Å². The summed E-state index contributed by atoms with van der Waals surface area (Å²) in [6.45, 7) is 13.8. The third-order valence-corrected chi connectivity index (χ3v) is 4.02. The summed E-state index contributed by atoms with van der Waals surface area (Å²) in [5, 5.41) is 0. The Balaban J connectivity index is 2.27. The Morgan fingerprint density at radius 3 is 2.67 bits per heavy atom. The van der Waals surface area contributed by atoms with Gasteiger partial charge in [-0.3, -0.25) is 4.79 Å². The van der Waals surface area contributed by atoms with Crippen LogP contribution in [0.4, 0.5) is 0 Å². The van der Waals surface area contributed by atoms with E-state index in [1.807, 2.05) is 13.0 Å². The standard InChI is InChI=1S/C20H28O/c1-5-9-17(3)18(4)20(21)15-13-16(2)12-14-19-10-7-6-8-11-19/h5,7,10-11,17H,1-2,4,6,8-9,12-15H2,3H3. The highest BCUT2D eigenvalue weighted by Gasteiger charge is 2.13. The first-order valence-corrected chi connectivity index (χ1v) is 7.89. The first kappa shape index (κ1) is 17.4. The van der Waals surface area contributed by atoms with E-state index in [1.54, 1.807) is 0 Å². The zero-order chi connectivity index (χ0) is 15.7. The van der Waals surface area contributed by atoms with Crippen molar-refractivity contribution in [1.29, 1.82) is 0 Å². The highest BCUT2D eigenvalue weighted by atomic mass is 16.1. The normalized spacial score (nSPS) is 15.2. The molecule has 1 rings (SSSR count). The van der Waals surface area contributed by atoms with Gasteiger partial charge in [-0.05, 0) is 50.0 Å². The van der Waals surface area contributed by atoms with Crippen LogP contribution < -0.4 is 0 Å². The molecule has 1 heteroatoms. The molecule has 0 saturated carbocycles. The summed E-state index contributed by atoms with van der Waals surface area (Å²) in [4.78, 5) is 12.1. The Labute approximate surface area is 129 Å². The number of hydrogen-bond donors (Lipinski definition) is 0. The minimum Gasteiger partial charge on any atom is -0.295 e. The van der Waals surface area contributed by atoms with Crippen LogP contribution in [0.15, 0.2) is 60.8 Å². The lowest BCUT2D eigenvalue weighted by Gasteiger charge is -2.12. The Morgan fingerprint density at radius 2 is 2.05 bits per heavy atom. The molecule has 0 bridgehead atoms. The van der Waals surface area contributed by atoms with Crippen molar-refractivity contribution in [3.8, 4) is 0 Å². The number of Topliss-reactive ketones (excluding diaryl/α,β-unsaturated/α-hetero) is 1. The van der Waals surface area contributed by atoms with Crippen molar-refractivity contribution in [3.63, 3.8) is 0 Å². The van der Waals surface area contributed by atoms with Crippen LogP contribution >= 0.6 is 0 Å². The number of rotatable bonds is 10. The van der Waals surface area contributed by atoms with E-state index in [0.717, 1.165) is 49.7 Å². The van der Waals surface area contributed by atoms with Gasteiger partial charge in [0.05, 0.1) is 0 Å². The van der Waals surface area contributed by atoms with Gasteiger partial charge in [0.1, 0.15) is 0 Å². The summed E-state index contributed by atoms with van der Waals surface area (Å²) in [5.41, 5.74) is 3.28. The first-order chi connectivity index (χ1) is 10.0. The number of carbonyl (C=O) groups is 1. The average molecular weight is 284 g/mol. The second-order valence-corrected chi connectivity index (χ2v) is 5.88. The molecule has 0 aromatic carbocycles. The summed E-state index contributed by atoms with van der Waals surface area (Å²) in [6, 6.07) is 0. The Hall–Kier alpha value is -1.63. The van der Waals surface area contributed by atoms with Crippen LogP contribution in [-0.4, -0.2) is 5.78 Å². The van der Waals surface area contributed by atoms with Gasteiger partial charge in [0.2, 0.25) is 0 Å². The SMILES string of the molecule is C=CCC(C)C(=C)C(=O)CCC(=C)CCC1=CCCC=C1. The van der Waals surface area contributed by atoms with Gasteiger partial charge in [-0.1, -0.05) is 55.5 Å². The van der Waals surface area contributed by atoms with E-state index in [0.29, 0.717) is 6.42 Å². The number of allylic oxidation sites excluding steroid dienone is 7. The lowest BCUT2D eigenvalue weighted by atomic mass is 9.92. The molecule has 1 atom stereocenters. The second kappa shape index (κ2) is 9.33. The Kier molecular flexibility index (Phi) is 7.74. The molecule has 0 aromatic rings. The summed E-state index contributed by atoms with van der Waals surface area (Å²) >= 11 is 0. The van der Waals surface area contributed by atoms with Crippen LogP contribution in [0.5, 0.6) is 0 Å². The number of ketones is 1. The highest BCUT2D eigenvalue weighted by Crippen LogP contribution is 2.21. The molecule has 21 heavy (non-hydrogen) atoms. The molecule has 0 spiro atoms. The van der Waals surface area contributed by atoms with E-state index in [1.165, 1.54) is 5.57 Å². The lowest BCUT2D eigenvalue weighted by Crippen LogP contribution is -2.09. The summed E-state index contributed by atoms with van der Waals surface area (Å²) in [7, 11) is 0. The molecule has 1 nitrogen and oxygen atoms in total. The lowest BCUT2D eigenvalue weighted by molar-refractivity contribution is -0.116. The van der Waals surface area contributed by atoms with E-state index in [2.05, 4.69) is 38.0 Å². The van der Waals surface area contributed by atoms with Crippen molar-refractivity contribution in [2.24, 2.45) is 5.92 Å². The maximum atomic E-state index is 12.1. The largest absolute Gasteiger partial charge is 0.295 e. The monoisotopic (exact) mass is 284 g/mol. The van der Waals surface area contributed by atoms with E-state index in [4.69, 9.17) is 0 Å². The predicted octanol–water partition coefficient (Wildman–Crippen LogP) is 5.72. The fourth-order valence-electron chi connectivity index (χ4n) is 2.42. The summed E-state index contributed by atoms with van der Waals surface area (Å²) in [6.07, 6.45) is 15.0. The van der Waals surface area contributed by atoms with Gasteiger partial charge in [0, 0.05) is 6.42 Å². The minimum atomic E-state index is 0.169.